The van der Waals surface area contributed by atoms with Gasteiger partial charge in [-0.05, 0) is 31.1 Å². The van der Waals surface area contributed by atoms with Crippen LogP contribution in [0.3, 0.4) is 0 Å². The molecule has 2 aromatic rings. The van der Waals surface area contributed by atoms with Gasteiger partial charge in [0.25, 0.3) is 0 Å². The highest BCUT2D eigenvalue weighted by Gasteiger charge is 2.03. The smallest absolute Gasteiger partial charge is 0.191 e. The van der Waals surface area contributed by atoms with Crippen LogP contribution in [0.4, 0.5) is 0 Å². The lowest BCUT2D eigenvalue weighted by molar-refractivity contribution is 0.296. The fourth-order valence-corrected chi connectivity index (χ4v) is 3.24. The van der Waals surface area contributed by atoms with E-state index in [1.54, 1.807) is 18.4 Å². The molecule has 0 unspecified atom stereocenters. The normalized spacial score (nSPS) is 11.3. The number of rotatable bonds is 8. The van der Waals surface area contributed by atoms with Crippen molar-refractivity contribution in [1.82, 2.24) is 20.5 Å². The third-order valence-electron chi connectivity index (χ3n) is 4.08. The molecule has 0 saturated carbocycles. The molecule has 0 bridgehead atoms. The zero-order chi connectivity index (χ0) is 18.1. The van der Waals surface area contributed by atoms with Crippen LogP contribution in [0.1, 0.15) is 34.9 Å². The molecule has 0 atom stereocenters. The average Bonchev–Trinajstić information content (AvgIpc) is 3.06. The third-order valence-corrected chi connectivity index (χ3v) is 5.00. The van der Waals surface area contributed by atoms with Crippen LogP contribution in [0.25, 0.3) is 0 Å². The maximum Gasteiger partial charge on any atom is 0.191 e. The number of nitrogens with one attached hydrogen (secondary N) is 2. The molecular weight excluding hydrogens is 457 g/mol. The highest BCUT2D eigenvalue weighted by atomic mass is 127. The van der Waals surface area contributed by atoms with Gasteiger partial charge in [-0.2, -0.15) is 0 Å². The summed E-state index contributed by atoms with van der Waals surface area (Å²) in [5.74, 6) is 0.792. The molecule has 5 nitrogen and oxygen atoms in total. The van der Waals surface area contributed by atoms with Crippen LogP contribution >= 0.6 is 35.3 Å². The molecule has 2 rings (SSSR count). The van der Waals surface area contributed by atoms with E-state index in [-0.39, 0.29) is 24.0 Å². The number of halogens is 1. The number of guanidine groups is 1. The number of benzene rings is 1. The Kier molecular flexibility index (Phi) is 10.8. The molecule has 26 heavy (non-hydrogen) atoms. The van der Waals surface area contributed by atoms with Crippen molar-refractivity contribution in [2.24, 2.45) is 4.99 Å². The minimum Gasteiger partial charge on any atom is -0.352 e. The molecule has 7 heteroatoms. The van der Waals surface area contributed by atoms with Gasteiger partial charge in [-0.25, -0.2) is 4.98 Å². The lowest BCUT2D eigenvalue weighted by Crippen LogP contribution is -2.36. The van der Waals surface area contributed by atoms with Gasteiger partial charge in [0.05, 0.1) is 6.54 Å². The van der Waals surface area contributed by atoms with Crippen molar-refractivity contribution in [1.29, 1.82) is 0 Å². The van der Waals surface area contributed by atoms with Crippen molar-refractivity contribution < 1.29 is 0 Å². The first-order chi connectivity index (χ1) is 12.1. The third kappa shape index (κ3) is 7.59. The van der Waals surface area contributed by atoms with Crippen molar-refractivity contribution in [3.63, 3.8) is 0 Å². The number of aliphatic imine (C=N–C) groups is 1. The Labute approximate surface area is 178 Å². The summed E-state index contributed by atoms with van der Waals surface area (Å²) in [5.41, 5.74) is 2.60. The van der Waals surface area contributed by atoms with Gasteiger partial charge in [-0.15, -0.1) is 35.3 Å². The first-order valence-corrected chi connectivity index (χ1v) is 9.62. The van der Waals surface area contributed by atoms with E-state index in [4.69, 9.17) is 0 Å². The molecule has 1 heterocycles. The van der Waals surface area contributed by atoms with Crippen LogP contribution in [-0.2, 0) is 19.6 Å². The topological polar surface area (TPSA) is 52.5 Å². The second-order valence-corrected chi connectivity index (χ2v) is 7.24. The van der Waals surface area contributed by atoms with Crippen LogP contribution in [-0.4, -0.2) is 36.0 Å². The molecule has 0 aliphatic rings. The van der Waals surface area contributed by atoms with Crippen molar-refractivity contribution in [3.05, 3.63) is 51.5 Å². The van der Waals surface area contributed by atoms with E-state index in [1.165, 1.54) is 16.0 Å². The first-order valence-electron chi connectivity index (χ1n) is 8.80. The molecule has 144 valence electrons. The highest BCUT2D eigenvalue weighted by Crippen LogP contribution is 2.10. The molecule has 0 radical (unpaired) electrons. The summed E-state index contributed by atoms with van der Waals surface area (Å²) in [6.45, 7) is 11.1. The Morgan fingerprint density at radius 1 is 1.08 bits per heavy atom. The summed E-state index contributed by atoms with van der Waals surface area (Å²) >= 11 is 1.70. The van der Waals surface area contributed by atoms with Gasteiger partial charge < -0.3 is 10.6 Å². The van der Waals surface area contributed by atoms with E-state index in [1.807, 2.05) is 6.20 Å². The van der Waals surface area contributed by atoms with E-state index in [0.717, 1.165) is 37.1 Å². The number of aryl methyl sites for hydroxylation is 1. The molecule has 2 N–H and O–H groups in total. The Hall–Kier alpha value is -1.19. The summed E-state index contributed by atoms with van der Waals surface area (Å²) in [4.78, 5) is 12.3. The molecule has 0 aliphatic carbocycles. The lowest BCUT2D eigenvalue weighted by atomic mass is 10.1. The quantitative estimate of drug-likeness (QED) is 0.338. The minimum absolute atomic E-state index is 0. The summed E-state index contributed by atoms with van der Waals surface area (Å²) in [5, 5.41) is 7.72. The highest BCUT2D eigenvalue weighted by molar-refractivity contribution is 14.0. The Balaban J connectivity index is 0.00000338. The maximum atomic E-state index is 4.36. The predicted molar refractivity (Wildman–Crippen MR) is 122 cm³/mol. The van der Waals surface area contributed by atoms with Gasteiger partial charge in [0.15, 0.2) is 5.96 Å². The first kappa shape index (κ1) is 22.9. The van der Waals surface area contributed by atoms with Gasteiger partial charge in [0, 0.05) is 31.2 Å². The van der Waals surface area contributed by atoms with Crippen LogP contribution in [0, 0.1) is 6.92 Å². The summed E-state index contributed by atoms with van der Waals surface area (Å²) in [7, 11) is 1.79. The van der Waals surface area contributed by atoms with Gasteiger partial charge in [0.2, 0.25) is 0 Å². The van der Waals surface area contributed by atoms with E-state index < -0.39 is 0 Å². The average molecular weight is 487 g/mol. The number of aromatic nitrogens is 1. The number of hydrogen-bond donors (Lipinski definition) is 2. The van der Waals surface area contributed by atoms with Crippen LogP contribution in [0.15, 0.2) is 35.5 Å². The van der Waals surface area contributed by atoms with Crippen molar-refractivity contribution >= 4 is 41.3 Å². The van der Waals surface area contributed by atoms with Gasteiger partial charge in [-0.3, -0.25) is 9.89 Å². The van der Waals surface area contributed by atoms with E-state index in [0.29, 0.717) is 6.54 Å². The Morgan fingerprint density at radius 2 is 1.69 bits per heavy atom. The van der Waals surface area contributed by atoms with Gasteiger partial charge in [0.1, 0.15) is 5.01 Å². The number of thiazole rings is 1. The van der Waals surface area contributed by atoms with Gasteiger partial charge >= 0.3 is 0 Å². The molecule has 0 fully saturated rings. The maximum absolute atomic E-state index is 4.36. The van der Waals surface area contributed by atoms with E-state index >= 15 is 0 Å². The van der Waals surface area contributed by atoms with Crippen LogP contribution in [0.5, 0.6) is 0 Å². The number of hydrogen-bond acceptors (Lipinski definition) is 4. The van der Waals surface area contributed by atoms with Gasteiger partial charge in [-0.1, -0.05) is 38.1 Å². The van der Waals surface area contributed by atoms with E-state index in [2.05, 4.69) is 70.5 Å². The Bertz CT molecular complexity index is 665. The largest absolute Gasteiger partial charge is 0.352 e. The van der Waals surface area contributed by atoms with Crippen molar-refractivity contribution in [2.75, 3.05) is 20.1 Å². The number of nitrogens with zero attached hydrogens (tertiary/aromatic N) is 3. The Morgan fingerprint density at radius 3 is 2.23 bits per heavy atom. The zero-order valence-electron chi connectivity index (χ0n) is 16.1. The lowest BCUT2D eigenvalue weighted by Gasteiger charge is -2.18. The van der Waals surface area contributed by atoms with Crippen LogP contribution in [0.2, 0.25) is 0 Å². The predicted octanol–water partition coefficient (Wildman–Crippen LogP) is 3.78. The summed E-state index contributed by atoms with van der Waals surface area (Å²) in [6, 6.07) is 8.79. The molecule has 0 aliphatic heterocycles. The molecular formula is C19H30IN5S. The fourth-order valence-electron chi connectivity index (χ4n) is 2.52. The monoisotopic (exact) mass is 487 g/mol. The summed E-state index contributed by atoms with van der Waals surface area (Å²) < 4.78 is 0. The molecule has 0 amide bonds. The minimum atomic E-state index is 0. The second-order valence-electron chi connectivity index (χ2n) is 5.92. The zero-order valence-corrected chi connectivity index (χ0v) is 19.2. The summed E-state index contributed by atoms with van der Waals surface area (Å²) in [6.07, 6.45) is 1.90. The molecule has 1 aromatic heterocycles. The molecule has 1 aromatic carbocycles. The van der Waals surface area contributed by atoms with E-state index in [9.17, 15) is 0 Å². The fraction of sp³-hybridized carbons (Fsp3) is 0.474. The van der Waals surface area contributed by atoms with Crippen molar-refractivity contribution in [2.45, 2.75) is 40.4 Å². The molecule has 0 saturated heterocycles. The second kappa shape index (κ2) is 12.2. The standard InChI is InChI=1S/C19H29N5S.HI/c1-5-24(6-2)14-17-9-7-16(8-10-17)12-22-19(20-4)23-13-18-21-11-15(3)25-18;/h7-11H,5-6,12-14H2,1-4H3,(H2,20,22,23);1H. The molecule has 0 spiro atoms. The SMILES string of the molecule is CCN(CC)Cc1ccc(CNC(=NC)NCc2ncc(C)s2)cc1.I. The van der Waals surface area contributed by atoms with Crippen molar-refractivity contribution in [3.8, 4) is 0 Å². The van der Waals surface area contributed by atoms with Crippen LogP contribution < -0.4 is 10.6 Å².